The van der Waals surface area contributed by atoms with Crippen molar-refractivity contribution in [1.82, 2.24) is 0 Å². The summed E-state index contributed by atoms with van der Waals surface area (Å²) in [5, 5.41) is 0. The van der Waals surface area contributed by atoms with E-state index in [4.69, 9.17) is 0 Å². The lowest BCUT2D eigenvalue weighted by Crippen LogP contribution is 0.143. The third-order valence-corrected chi connectivity index (χ3v) is 0. The summed E-state index contributed by atoms with van der Waals surface area (Å²) < 4.78 is 0. The molecule has 0 aliphatic carbocycles. The molecular weight excluding hydrogens is 757 g/mol. The van der Waals surface area contributed by atoms with Crippen LogP contribution in [0, 0.1) is 0 Å². The molecule has 0 aromatic heterocycles. The summed E-state index contributed by atoms with van der Waals surface area (Å²) in [7, 11) is 0. The van der Waals surface area contributed by atoms with E-state index >= 15 is 0 Å². The average molecular weight is 1010 g/mol. The van der Waals surface area contributed by atoms with Gasteiger partial charge in [0, 0.05) is 0 Å². The minimum atomic E-state index is 0. The quantitative estimate of drug-likeness (QED) is 0.227. The monoisotopic (exact) mass is 1010 g/mol. The van der Waals surface area contributed by atoms with Crippen LogP contribution in [0.5, 0.6) is 0 Å². The fourth-order valence-corrected chi connectivity index (χ4v) is 0. The highest BCUT2D eigenvalue weighted by Gasteiger charge is -0.0156. The van der Waals surface area contributed by atoms with Gasteiger partial charge in [0.15, 0.2) is 0 Å². The van der Waals surface area contributed by atoms with Crippen LogP contribution < -0.4 is 0 Å². The van der Waals surface area contributed by atoms with E-state index in [1.54, 1.807) is 0 Å². The molecule has 0 heteroatoms. The van der Waals surface area contributed by atoms with Crippen LogP contribution in [0.3, 0.4) is 0 Å². The Kier molecular flexibility index (Phi) is 0. The van der Waals surface area contributed by atoms with Crippen molar-refractivity contribution in [3.63, 3.8) is 0 Å². The SMILES string of the molecule is C.C.C.C.C.C.C.C.C.C.C.C.C.C.C.C.C.C.C.C.C.C.C.C.C.C.C.C.C.C.C.C.C.C.C.C.C.C.C.C.C.C.C.C.C.C.C.C.C.C.C.C.C.C.C.C.C.C.C.C.C.C.C. The van der Waals surface area contributed by atoms with Gasteiger partial charge in [0.05, 0.1) is 0 Å². The lowest BCUT2D eigenvalue weighted by atomic mass is 12.0. The zero-order chi connectivity index (χ0) is 0. The first-order valence-electron chi connectivity index (χ1n) is 0. The first-order valence-corrected chi connectivity index (χ1v) is 0. The summed E-state index contributed by atoms with van der Waals surface area (Å²) >= 11 is 0. The van der Waals surface area contributed by atoms with Gasteiger partial charge in [-0.2, -0.15) is 0 Å². The number of rotatable bonds is 0. The molecule has 0 saturated heterocycles. The zero-order valence-corrected chi connectivity index (χ0v) is 0. The maximum absolute atomic E-state index is 0. The number of hydrogen-bond donors (Lipinski definition) is 0. The molecule has 0 aliphatic heterocycles. The molecular formula is C63H252. The van der Waals surface area contributed by atoms with Gasteiger partial charge in [-0.05, 0) is 0 Å². The maximum atomic E-state index is 0. The average Bonchev–Trinajstić information content (AvgIpc) is 0. The molecule has 0 aliphatic rings. The molecule has 0 nitrogen and oxygen atoms in total. The molecule has 0 aromatic rings. The van der Waals surface area contributed by atoms with E-state index < -0.39 is 0 Å². The van der Waals surface area contributed by atoms with Crippen molar-refractivity contribution >= 4 is 0 Å². The zero-order valence-electron chi connectivity index (χ0n) is 0. The normalized spacial score (nSPS) is 0. The first-order chi connectivity index (χ1) is 0. The summed E-state index contributed by atoms with van der Waals surface area (Å²) in [6, 6.07) is 0. The molecule has 0 rings (SSSR count). The van der Waals surface area contributed by atoms with Crippen molar-refractivity contribution in [2.45, 2.75) is 468 Å². The van der Waals surface area contributed by atoms with E-state index in [0.29, 0.717) is 0 Å². The fourth-order valence-electron chi connectivity index (χ4n) is 0. The van der Waals surface area contributed by atoms with E-state index in [1.165, 1.54) is 0 Å². The van der Waals surface area contributed by atoms with E-state index in [0.717, 1.165) is 0 Å². The Morgan fingerprint density at radius 3 is 0.0159 bits per heavy atom. The molecule has 0 N–H and O–H groups in total. The molecule has 0 aromatic carbocycles. The summed E-state index contributed by atoms with van der Waals surface area (Å²) in [5.41, 5.74) is 0. The van der Waals surface area contributed by atoms with Gasteiger partial charge < -0.3 is 0 Å². The molecule has 0 bridgehead atoms. The van der Waals surface area contributed by atoms with Crippen molar-refractivity contribution < 1.29 is 0 Å². The summed E-state index contributed by atoms with van der Waals surface area (Å²) in [6.45, 7) is 0. The Labute approximate surface area is 466 Å². The summed E-state index contributed by atoms with van der Waals surface area (Å²) in [4.78, 5) is 0. The predicted octanol–water partition coefficient (Wildman–Crippen LogP) is 40.1. The molecule has 0 fully saturated rings. The topological polar surface area (TPSA) is 0 Å². The second-order valence-corrected chi connectivity index (χ2v) is 0. The largest absolute Gasteiger partial charge is 0.0776 e. The van der Waals surface area contributed by atoms with Crippen LogP contribution in [-0.2, 0) is 0 Å². The van der Waals surface area contributed by atoms with E-state index in [9.17, 15) is 0 Å². The van der Waals surface area contributed by atoms with Crippen LogP contribution in [-0.4, -0.2) is 0 Å². The van der Waals surface area contributed by atoms with Crippen LogP contribution >= 0.6 is 0 Å². The molecule has 504 valence electrons. The highest BCUT2D eigenvalue weighted by Crippen LogP contribution is 0.206. The molecule has 0 heterocycles. The maximum Gasteiger partial charge on any atom is -0.0776 e. The van der Waals surface area contributed by atoms with Crippen LogP contribution in [0.4, 0.5) is 0 Å². The highest BCUT2D eigenvalue weighted by atomic mass is 12.1. The van der Waals surface area contributed by atoms with Crippen molar-refractivity contribution in [2.75, 3.05) is 0 Å². The van der Waals surface area contributed by atoms with E-state index in [-0.39, 0.29) is 468 Å². The number of hydrogen-bond acceptors (Lipinski definition) is 0. The lowest BCUT2D eigenvalue weighted by molar-refractivity contribution is 2.50. The smallest absolute Gasteiger partial charge is 0.0776 e. The predicted molar refractivity (Wildman–Crippen MR) is 424 cm³/mol. The fraction of sp³-hybridized carbons (Fsp3) is 1.00. The van der Waals surface area contributed by atoms with Crippen molar-refractivity contribution in [1.29, 1.82) is 0 Å². The van der Waals surface area contributed by atoms with Gasteiger partial charge in [-0.1, -0.05) is 468 Å². The second-order valence-electron chi connectivity index (χ2n) is 0. The Bertz CT molecular complexity index is 0. The highest BCUT2D eigenvalue weighted by molar-refractivity contribution is 2.56. The van der Waals surface area contributed by atoms with Gasteiger partial charge in [-0.25, -0.2) is 0 Å². The molecule has 0 spiro atoms. The minimum Gasteiger partial charge on any atom is -0.0776 e. The van der Waals surface area contributed by atoms with Gasteiger partial charge >= 0.3 is 0 Å². The molecule has 63 heavy (non-hydrogen) atoms. The van der Waals surface area contributed by atoms with Gasteiger partial charge in [0.1, 0.15) is 0 Å². The Morgan fingerprint density at radius 1 is 0.0159 bits per heavy atom. The summed E-state index contributed by atoms with van der Waals surface area (Å²) in [6.07, 6.45) is 0. The first kappa shape index (κ1) is 0. The van der Waals surface area contributed by atoms with Gasteiger partial charge in [-0.15, -0.1) is 0 Å². The van der Waals surface area contributed by atoms with Crippen LogP contribution in [0.25, 0.3) is 0 Å². The van der Waals surface area contributed by atoms with Gasteiger partial charge in [0.25, 0.3) is 0 Å². The Morgan fingerprint density at radius 2 is 0.0159 bits per heavy atom. The van der Waals surface area contributed by atoms with E-state index in [2.05, 4.69) is 0 Å². The van der Waals surface area contributed by atoms with Crippen LogP contribution in [0.2, 0.25) is 0 Å². The molecule has 0 saturated carbocycles. The standard InChI is InChI=1S/63CH4/h63*1H4. The van der Waals surface area contributed by atoms with Gasteiger partial charge in [0.2, 0.25) is 0 Å². The lowest BCUT2D eigenvalue weighted by Gasteiger charge is -0.0786. The molecule has 0 atom stereocenters. The van der Waals surface area contributed by atoms with E-state index in [1.807, 2.05) is 0 Å². The molecule has 0 amide bonds. The molecule has 0 radical (unpaired) electrons. The molecule has 0 unspecified atom stereocenters. The summed E-state index contributed by atoms with van der Waals surface area (Å²) in [5.74, 6) is 0. The van der Waals surface area contributed by atoms with Crippen LogP contribution in [0.1, 0.15) is 468 Å². The Hall–Kier alpha value is 0. The van der Waals surface area contributed by atoms with Gasteiger partial charge in [-0.3, -0.25) is 0 Å². The second kappa shape index (κ2) is 0. The third-order valence-electron chi connectivity index (χ3n) is 0. The third kappa shape index (κ3) is 0. The van der Waals surface area contributed by atoms with Crippen molar-refractivity contribution in [3.05, 3.63) is 0 Å². The Balaban J connectivity index is 0. The van der Waals surface area contributed by atoms with Crippen molar-refractivity contribution in [3.8, 4) is 0 Å². The van der Waals surface area contributed by atoms with Crippen molar-refractivity contribution in [2.24, 2.45) is 0 Å². The van der Waals surface area contributed by atoms with Crippen LogP contribution in [0.15, 0.2) is 0 Å². The minimum absolute atomic E-state index is 0.